The molecule has 0 unspecified atom stereocenters. The first-order valence-corrected chi connectivity index (χ1v) is 9.15. The van der Waals surface area contributed by atoms with E-state index in [1.165, 1.54) is 16.7 Å². The molecule has 3 aromatic carbocycles. The number of furan rings is 1. The molecule has 0 saturated carbocycles. The first-order chi connectivity index (χ1) is 13.3. The van der Waals surface area contributed by atoms with Crippen LogP contribution in [0, 0.1) is 11.3 Å². The molecule has 0 radical (unpaired) electrons. The standard InChI is InChI=1S/C25H17NO/c26-16-17-10-12-19(13-11-17)23-22-15-14-18-6-4-5-9-21(18)25(22)27-24(23)20-7-2-1-3-8-20/h1-13H,14-15H2. The van der Waals surface area contributed by atoms with Crippen molar-refractivity contribution in [1.29, 1.82) is 5.26 Å². The van der Waals surface area contributed by atoms with Gasteiger partial charge in [0.15, 0.2) is 0 Å². The Morgan fingerprint density at radius 2 is 1.44 bits per heavy atom. The molecule has 0 atom stereocenters. The van der Waals surface area contributed by atoms with Gasteiger partial charge in [0.1, 0.15) is 11.5 Å². The number of benzene rings is 3. The second kappa shape index (κ2) is 6.30. The van der Waals surface area contributed by atoms with Gasteiger partial charge in [-0.15, -0.1) is 0 Å². The first-order valence-electron chi connectivity index (χ1n) is 9.15. The molecule has 5 rings (SSSR count). The predicted molar refractivity (Wildman–Crippen MR) is 107 cm³/mol. The molecular formula is C25H17NO. The fraction of sp³-hybridized carbons (Fsp3) is 0.0800. The number of fused-ring (bicyclic) bond motifs is 3. The summed E-state index contributed by atoms with van der Waals surface area (Å²) >= 11 is 0. The molecule has 0 bridgehead atoms. The second-order valence-electron chi connectivity index (χ2n) is 6.83. The lowest BCUT2D eigenvalue weighted by Gasteiger charge is -2.15. The summed E-state index contributed by atoms with van der Waals surface area (Å²) in [5, 5.41) is 9.12. The van der Waals surface area contributed by atoms with E-state index in [0.717, 1.165) is 41.1 Å². The number of hydrogen-bond donors (Lipinski definition) is 0. The maximum atomic E-state index is 9.12. The van der Waals surface area contributed by atoms with Crippen molar-refractivity contribution in [2.24, 2.45) is 0 Å². The molecule has 128 valence electrons. The van der Waals surface area contributed by atoms with Crippen LogP contribution in [0.25, 0.3) is 33.8 Å². The van der Waals surface area contributed by atoms with Gasteiger partial charge in [-0.05, 0) is 36.1 Å². The van der Waals surface area contributed by atoms with Crippen LogP contribution in [-0.4, -0.2) is 0 Å². The fourth-order valence-corrected chi connectivity index (χ4v) is 3.95. The van der Waals surface area contributed by atoms with E-state index >= 15 is 0 Å². The van der Waals surface area contributed by atoms with Crippen molar-refractivity contribution >= 4 is 0 Å². The maximum Gasteiger partial charge on any atom is 0.142 e. The van der Waals surface area contributed by atoms with Crippen LogP contribution in [0.4, 0.5) is 0 Å². The molecule has 0 aliphatic heterocycles. The van der Waals surface area contributed by atoms with Crippen LogP contribution in [0.5, 0.6) is 0 Å². The van der Waals surface area contributed by atoms with Crippen LogP contribution in [0.15, 0.2) is 83.3 Å². The largest absolute Gasteiger partial charge is 0.455 e. The van der Waals surface area contributed by atoms with Gasteiger partial charge >= 0.3 is 0 Å². The van der Waals surface area contributed by atoms with Crippen molar-refractivity contribution in [3.8, 4) is 39.8 Å². The van der Waals surface area contributed by atoms with Crippen LogP contribution in [0.1, 0.15) is 16.7 Å². The van der Waals surface area contributed by atoms with Crippen LogP contribution >= 0.6 is 0 Å². The Balaban J connectivity index is 1.79. The fourth-order valence-electron chi connectivity index (χ4n) is 3.95. The van der Waals surface area contributed by atoms with E-state index in [1.807, 2.05) is 42.5 Å². The lowest BCUT2D eigenvalue weighted by molar-refractivity contribution is 0.590. The first kappa shape index (κ1) is 15.7. The molecule has 2 heteroatoms. The van der Waals surface area contributed by atoms with Crippen molar-refractivity contribution in [1.82, 2.24) is 0 Å². The number of hydrogen-bond acceptors (Lipinski definition) is 2. The molecule has 1 aromatic heterocycles. The zero-order valence-electron chi connectivity index (χ0n) is 14.8. The Morgan fingerprint density at radius 3 is 2.22 bits per heavy atom. The van der Waals surface area contributed by atoms with Crippen LogP contribution in [0.3, 0.4) is 0 Å². The lowest BCUT2D eigenvalue weighted by atomic mass is 9.86. The van der Waals surface area contributed by atoms with E-state index in [9.17, 15) is 0 Å². The van der Waals surface area contributed by atoms with Gasteiger partial charge in [-0.3, -0.25) is 0 Å². The Morgan fingerprint density at radius 1 is 0.704 bits per heavy atom. The molecule has 4 aromatic rings. The monoisotopic (exact) mass is 347 g/mol. The topological polar surface area (TPSA) is 36.9 Å². The highest BCUT2D eigenvalue weighted by Gasteiger charge is 2.27. The quantitative estimate of drug-likeness (QED) is 0.430. The Labute approximate surface area is 158 Å². The average molecular weight is 347 g/mol. The Hall–Kier alpha value is -3.57. The van der Waals surface area contributed by atoms with E-state index in [-0.39, 0.29) is 0 Å². The summed E-state index contributed by atoms with van der Waals surface area (Å²) in [5.41, 5.74) is 7.77. The average Bonchev–Trinajstić information content (AvgIpc) is 3.14. The van der Waals surface area contributed by atoms with Gasteiger partial charge in [0.2, 0.25) is 0 Å². The summed E-state index contributed by atoms with van der Waals surface area (Å²) in [6.45, 7) is 0. The van der Waals surface area contributed by atoms with Crippen molar-refractivity contribution in [2.75, 3.05) is 0 Å². The molecule has 1 aliphatic rings. The van der Waals surface area contributed by atoms with Crippen LogP contribution in [0.2, 0.25) is 0 Å². The molecule has 2 nitrogen and oxygen atoms in total. The van der Waals surface area contributed by atoms with Gasteiger partial charge in [-0.1, -0.05) is 66.7 Å². The van der Waals surface area contributed by atoms with Crippen LogP contribution < -0.4 is 0 Å². The second-order valence-corrected chi connectivity index (χ2v) is 6.83. The molecule has 0 N–H and O–H groups in total. The van der Waals surface area contributed by atoms with E-state index in [0.29, 0.717) is 5.56 Å². The summed E-state index contributed by atoms with van der Waals surface area (Å²) in [5.74, 6) is 1.89. The molecule has 0 saturated heterocycles. The molecule has 27 heavy (non-hydrogen) atoms. The smallest absolute Gasteiger partial charge is 0.142 e. The Bertz CT molecular complexity index is 1160. The lowest BCUT2D eigenvalue weighted by Crippen LogP contribution is -2.02. The zero-order valence-corrected chi connectivity index (χ0v) is 14.8. The Kier molecular flexibility index (Phi) is 3.66. The summed E-state index contributed by atoms with van der Waals surface area (Å²) < 4.78 is 6.50. The molecule has 0 fully saturated rings. The molecule has 1 aliphatic carbocycles. The minimum atomic E-state index is 0.669. The number of aryl methyl sites for hydroxylation is 1. The van der Waals surface area contributed by atoms with Gasteiger partial charge < -0.3 is 4.42 Å². The molecule has 0 amide bonds. The van der Waals surface area contributed by atoms with Crippen LogP contribution in [-0.2, 0) is 12.8 Å². The maximum absolute atomic E-state index is 9.12. The minimum absolute atomic E-state index is 0.669. The van der Waals surface area contributed by atoms with Gasteiger partial charge in [-0.25, -0.2) is 0 Å². The molecular weight excluding hydrogens is 330 g/mol. The number of rotatable bonds is 2. The van der Waals surface area contributed by atoms with E-state index < -0.39 is 0 Å². The van der Waals surface area contributed by atoms with Crippen molar-refractivity contribution in [2.45, 2.75) is 12.8 Å². The highest BCUT2D eigenvalue weighted by molar-refractivity contribution is 5.89. The van der Waals surface area contributed by atoms with Crippen molar-refractivity contribution < 1.29 is 4.42 Å². The van der Waals surface area contributed by atoms with Gasteiger partial charge in [0, 0.05) is 22.3 Å². The van der Waals surface area contributed by atoms with E-state index in [4.69, 9.17) is 9.68 Å². The van der Waals surface area contributed by atoms with Crippen molar-refractivity contribution in [3.05, 3.63) is 95.6 Å². The van der Waals surface area contributed by atoms with Gasteiger partial charge in [0.25, 0.3) is 0 Å². The third-order valence-electron chi connectivity index (χ3n) is 5.25. The summed E-state index contributed by atoms with van der Waals surface area (Å²) in [7, 11) is 0. The summed E-state index contributed by atoms with van der Waals surface area (Å²) in [4.78, 5) is 0. The summed E-state index contributed by atoms with van der Waals surface area (Å²) in [6.07, 6.45) is 1.97. The van der Waals surface area contributed by atoms with E-state index in [1.54, 1.807) is 0 Å². The van der Waals surface area contributed by atoms with Gasteiger partial charge in [0.05, 0.1) is 11.6 Å². The van der Waals surface area contributed by atoms with E-state index in [2.05, 4.69) is 42.5 Å². The van der Waals surface area contributed by atoms with Crippen molar-refractivity contribution in [3.63, 3.8) is 0 Å². The third kappa shape index (κ3) is 2.56. The number of nitriles is 1. The third-order valence-corrected chi connectivity index (χ3v) is 5.25. The molecule has 1 heterocycles. The number of nitrogens with zero attached hydrogens (tertiary/aromatic N) is 1. The predicted octanol–water partition coefficient (Wildman–Crippen LogP) is 6.25. The normalized spacial score (nSPS) is 12.1. The highest BCUT2D eigenvalue weighted by Crippen LogP contribution is 2.46. The summed E-state index contributed by atoms with van der Waals surface area (Å²) in [6, 6.07) is 28.7. The SMILES string of the molecule is N#Cc1ccc(-c2c(-c3ccccc3)oc3c2CCc2ccccc2-3)cc1. The van der Waals surface area contributed by atoms with Gasteiger partial charge in [-0.2, -0.15) is 5.26 Å². The minimum Gasteiger partial charge on any atom is -0.455 e. The highest BCUT2D eigenvalue weighted by atomic mass is 16.3. The zero-order chi connectivity index (χ0) is 18.2. The molecule has 0 spiro atoms.